The van der Waals surface area contributed by atoms with Crippen molar-refractivity contribution in [3.63, 3.8) is 0 Å². The summed E-state index contributed by atoms with van der Waals surface area (Å²) in [5.74, 6) is 0.369. The number of pyridine rings is 1. The van der Waals surface area contributed by atoms with E-state index in [1.807, 2.05) is 6.07 Å². The number of esters is 2. The van der Waals surface area contributed by atoms with E-state index < -0.39 is 25.9 Å². The quantitative estimate of drug-likeness (QED) is 0.0601. The molecule has 13 heteroatoms. The lowest BCUT2D eigenvalue weighted by molar-refractivity contribution is -0.167. The predicted molar refractivity (Wildman–Crippen MR) is 250 cm³/mol. The minimum Gasteiger partial charge on any atom is -0.506 e. The highest BCUT2D eigenvalue weighted by Gasteiger charge is 2.46. The molecule has 4 aromatic rings. The third-order valence-electron chi connectivity index (χ3n) is 14.2. The number of unbranched alkanes of at least 4 members (excludes halogenated alkanes) is 1. The van der Waals surface area contributed by atoms with E-state index in [0.29, 0.717) is 35.7 Å². The lowest BCUT2D eigenvalue weighted by atomic mass is 9.69. The summed E-state index contributed by atoms with van der Waals surface area (Å²) in [7, 11) is -0.870. The van der Waals surface area contributed by atoms with Gasteiger partial charge in [-0.3, -0.25) is 19.1 Å². The molecule has 340 valence electrons. The number of ether oxygens (including phenoxy) is 3. The number of carbonyl (C=O) groups is 2. The number of aryl methyl sites for hydroxylation is 1. The Hall–Kier alpha value is -4.20. The van der Waals surface area contributed by atoms with Crippen LogP contribution in [0.1, 0.15) is 112 Å². The van der Waals surface area contributed by atoms with Gasteiger partial charge >= 0.3 is 11.9 Å². The van der Waals surface area contributed by atoms with E-state index in [2.05, 4.69) is 68.3 Å². The number of phenolic OH excluding ortho intramolecular Hbond substituents is 1. The molecule has 1 saturated carbocycles. The maximum atomic E-state index is 14.1. The summed E-state index contributed by atoms with van der Waals surface area (Å²) in [6.45, 7) is 14.5. The Morgan fingerprint density at radius 3 is 2.43 bits per heavy atom. The van der Waals surface area contributed by atoms with Gasteiger partial charge in [-0.1, -0.05) is 88.0 Å². The number of aromatic nitrogens is 1. The largest absolute Gasteiger partial charge is 0.506 e. The SMILES string of the molecule is COc1cc(C(=O)OCCCCc2cccc(C3(C(=O)O[C@H]4CN5CCC4CC5)CCCCC3)c2)c(Cl)cc1CNC[C@@H](O[Si](C)(C)C(C)(C)C)n1c(=O)ccc2cccc(O)c21. The van der Waals surface area contributed by atoms with E-state index in [9.17, 15) is 19.5 Å². The number of fused-ring (bicyclic) bond motifs is 4. The standard InChI is InChI=1S/C50H66ClN3O8Si/c1-49(2,3)63(5,6)62-45(54-44(56)20-19-36-16-13-18-41(55)46(36)54)32-52-31-37-29-40(51)39(30-42(37)59-4)47(57)60-27-11-8-14-34-15-12-17-38(28-34)50(23-9-7-10-24-50)48(58)61-43-33-53-25-21-35(43)22-26-53/h12-13,15-20,28-30,35,43,45,52,55H,7-11,14,21-27,31-33H2,1-6H3/t43-,45+/m0/s1. The Kier molecular flexibility index (Phi) is 14.8. The van der Waals surface area contributed by atoms with E-state index in [1.54, 1.807) is 30.3 Å². The summed E-state index contributed by atoms with van der Waals surface area (Å²) in [6, 6.07) is 20.2. The van der Waals surface area contributed by atoms with Crippen LogP contribution in [0.5, 0.6) is 11.5 Å². The minimum absolute atomic E-state index is 0.000380. The molecule has 0 amide bonds. The lowest BCUT2D eigenvalue weighted by Gasteiger charge is -2.45. The van der Waals surface area contributed by atoms with Crippen molar-refractivity contribution in [2.75, 3.05) is 39.9 Å². The first kappa shape index (κ1) is 46.8. The number of rotatable bonds is 17. The van der Waals surface area contributed by atoms with E-state index in [0.717, 1.165) is 93.9 Å². The molecule has 2 N–H and O–H groups in total. The molecule has 3 aliphatic heterocycles. The fraction of sp³-hybridized carbons (Fsp3) is 0.540. The van der Waals surface area contributed by atoms with E-state index in [1.165, 1.54) is 17.7 Å². The Balaban J connectivity index is 0.951. The number of hydrogen-bond acceptors (Lipinski definition) is 10. The van der Waals surface area contributed by atoms with Crippen molar-refractivity contribution in [3.8, 4) is 11.5 Å². The fourth-order valence-corrected chi connectivity index (χ4v) is 10.9. The van der Waals surface area contributed by atoms with Gasteiger partial charge in [-0.25, -0.2) is 4.79 Å². The second kappa shape index (κ2) is 19.9. The van der Waals surface area contributed by atoms with Crippen LogP contribution in [0.4, 0.5) is 0 Å². The molecule has 1 aliphatic carbocycles. The molecule has 0 spiro atoms. The first-order valence-corrected chi connectivity index (χ1v) is 26.2. The molecular formula is C50H66ClN3O8Si. The number of aromatic hydroxyl groups is 1. The topological polar surface area (TPSA) is 129 Å². The maximum absolute atomic E-state index is 14.1. The van der Waals surface area contributed by atoms with Crippen molar-refractivity contribution in [1.82, 2.24) is 14.8 Å². The van der Waals surface area contributed by atoms with Crippen LogP contribution in [0.25, 0.3) is 10.9 Å². The number of para-hydroxylation sites is 1. The van der Waals surface area contributed by atoms with Crippen LogP contribution in [0.15, 0.2) is 71.5 Å². The smallest absolute Gasteiger partial charge is 0.339 e. The number of hydrogen-bond donors (Lipinski definition) is 2. The lowest BCUT2D eigenvalue weighted by Crippen LogP contribution is -2.53. The molecule has 4 fully saturated rings. The normalized spacial score (nSPS) is 20.3. The van der Waals surface area contributed by atoms with Crippen molar-refractivity contribution in [2.24, 2.45) is 5.92 Å². The van der Waals surface area contributed by atoms with Gasteiger partial charge < -0.3 is 29.1 Å². The third-order valence-corrected chi connectivity index (χ3v) is 19.0. The van der Waals surface area contributed by atoms with E-state index >= 15 is 0 Å². The number of piperidine rings is 3. The number of benzene rings is 3. The molecule has 8 rings (SSSR count). The average Bonchev–Trinajstić information content (AvgIpc) is 3.26. The van der Waals surface area contributed by atoms with Gasteiger partial charge in [-0.2, -0.15) is 0 Å². The van der Waals surface area contributed by atoms with Crippen LogP contribution in [0, 0.1) is 5.92 Å². The molecule has 1 aromatic heterocycles. The molecule has 4 heterocycles. The molecule has 2 atom stereocenters. The van der Waals surface area contributed by atoms with Gasteiger partial charge in [0.05, 0.1) is 35.2 Å². The van der Waals surface area contributed by atoms with Crippen molar-refractivity contribution in [1.29, 1.82) is 0 Å². The van der Waals surface area contributed by atoms with Crippen LogP contribution in [0.3, 0.4) is 0 Å². The average molecular weight is 901 g/mol. The third kappa shape index (κ3) is 10.5. The number of carbonyl (C=O) groups excluding carboxylic acids is 2. The predicted octanol–water partition coefficient (Wildman–Crippen LogP) is 9.70. The van der Waals surface area contributed by atoms with Crippen LogP contribution in [-0.2, 0) is 37.1 Å². The molecule has 63 heavy (non-hydrogen) atoms. The highest BCUT2D eigenvalue weighted by molar-refractivity contribution is 6.74. The summed E-state index contributed by atoms with van der Waals surface area (Å²) in [5.41, 5.74) is 2.69. The van der Waals surface area contributed by atoms with Gasteiger partial charge in [0.2, 0.25) is 0 Å². The van der Waals surface area contributed by atoms with Crippen LogP contribution >= 0.6 is 11.6 Å². The maximum Gasteiger partial charge on any atom is 0.339 e. The van der Waals surface area contributed by atoms with Gasteiger partial charge in [0.25, 0.3) is 5.56 Å². The second-order valence-electron chi connectivity index (χ2n) is 19.4. The van der Waals surface area contributed by atoms with Crippen molar-refractivity contribution in [3.05, 3.63) is 104 Å². The van der Waals surface area contributed by atoms with Crippen molar-refractivity contribution < 1.29 is 33.3 Å². The highest BCUT2D eigenvalue weighted by atomic mass is 35.5. The molecule has 11 nitrogen and oxygen atoms in total. The van der Waals surface area contributed by atoms with Crippen LogP contribution in [0.2, 0.25) is 23.2 Å². The molecular weight excluding hydrogens is 834 g/mol. The number of halogens is 1. The van der Waals surface area contributed by atoms with Gasteiger partial charge in [0, 0.05) is 36.7 Å². The molecule has 4 aliphatic rings. The molecule has 2 bridgehead atoms. The van der Waals surface area contributed by atoms with Crippen LogP contribution in [-0.4, -0.2) is 80.8 Å². The van der Waals surface area contributed by atoms with Crippen molar-refractivity contribution in [2.45, 2.75) is 127 Å². The van der Waals surface area contributed by atoms with Gasteiger partial charge in [-0.05, 0) is 117 Å². The van der Waals surface area contributed by atoms with Crippen molar-refractivity contribution >= 4 is 42.8 Å². The summed E-state index contributed by atoms with van der Waals surface area (Å²) in [5, 5.41) is 15.1. The zero-order valence-corrected chi connectivity index (χ0v) is 39.7. The first-order valence-electron chi connectivity index (χ1n) is 22.9. The van der Waals surface area contributed by atoms with E-state index in [4.69, 9.17) is 30.2 Å². The Morgan fingerprint density at radius 2 is 1.73 bits per heavy atom. The number of methoxy groups -OCH3 is 1. The first-order chi connectivity index (χ1) is 30.1. The fourth-order valence-electron chi connectivity index (χ4n) is 9.45. The zero-order chi connectivity index (χ0) is 44.9. The Morgan fingerprint density at radius 1 is 0.984 bits per heavy atom. The second-order valence-corrected chi connectivity index (χ2v) is 24.5. The number of nitrogens with one attached hydrogen (secondary N) is 1. The molecule has 0 unspecified atom stereocenters. The zero-order valence-electron chi connectivity index (χ0n) is 38.0. The number of phenols is 1. The van der Waals surface area contributed by atoms with Gasteiger partial charge in [-0.15, -0.1) is 0 Å². The molecule has 0 radical (unpaired) electrons. The summed E-state index contributed by atoms with van der Waals surface area (Å²) in [6.07, 6.45) is 8.61. The summed E-state index contributed by atoms with van der Waals surface area (Å²) in [4.78, 5) is 43.3. The summed E-state index contributed by atoms with van der Waals surface area (Å²) < 4.78 is 26.2. The minimum atomic E-state index is -2.41. The summed E-state index contributed by atoms with van der Waals surface area (Å²) >= 11 is 6.72. The highest BCUT2D eigenvalue weighted by Crippen LogP contribution is 2.43. The monoisotopic (exact) mass is 899 g/mol. The molecule has 3 saturated heterocycles. The number of nitrogens with zero attached hydrogens (tertiary/aromatic N) is 2. The Bertz CT molecular complexity index is 2310. The Labute approximate surface area is 378 Å². The van der Waals surface area contributed by atoms with Gasteiger partial charge in [0.15, 0.2) is 8.32 Å². The van der Waals surface area contributed by atoms with Gasteiger partial charge in [0.1, 0.15) is 23.8 Å². The van der Waals surface area contributed by atoms with Crippen LogP contribution < -0.4 is 15.6 Å². The van der Waals surface area contributed by atoms with E-state index in [-0.39, 0.29) is 52.2 Å². The molecule has 3 aromatic carbocycles.